The molecule has 0 aromatic carbocycles. The van der Waals surface area contributed by atoms with Gasteiger partial charge in [0.25, 0.3) is 0 Å². The van der Waals surface area contributed by atoms with E-state index >= 15 is 0 Å². The Bertz CT molecular complexity index is 173. The number of rotatable bonds is 2. The van der Waals surface area contributed by atoms with Gasteiger partial charge < -0.3 is 0 Å². The summed E-state index contributed by atoms with van der Waals surface area (Å²) in [5.74, 6) is -0.129. The van der Waals surface area contributed by atoms with Gasteiger partial charge in [0.1, 0.15) is 0 Å². The first-order valence-corrected chi connectivity index (χ1v) is 4.07. The minimum Gasteiger partial charge on any atom is -0.296 e. The van der Waals surface area contributed by atoms with Crippen molar-refractivity contribution in [3.05, 3.63) is 0 Å². The number of carbonyl (C=O) groups excluding carboxylic acids is 2. The third kappa shape index (κ3) is 2.03. The van der Waals surface area contributed by atoms with Gasteiger partial charge in [0.15, 0.2) is 0 Å². The quantitative estimate of drug-likeness (QED) is 0.642. The van der Waals surface area contributed by atoms with Crippen molar-refractivity contribution in [3.8, 4) is 0 Å². The van der Waals surface area contributed by atoms with E-state index in [0.717, 1.165) is 19.3 Å². The number of imide groups is 1. The molecule has 0 aromatic rings. The molecule has 3 heteroatoms. The van der Waals surface area contributed by atoms with E-state index in [4.69, 9.17) is 0 Å². The minimum atomic E-state index is -0.165. The number of carbonyl (C=O) groups is 2. The van der Waals surface area contributed by atoms with Gasteiger partial charge in [-0.15, -0.1) is 0 Å². The van der Waals surface area contributed by atoms with Crippen LogP contribution in [0.4, 0.5) is 0 Å². The topological polar surface area (TPSA) is 46.2 Å². The summed E-state index contributed by atoms with van der Waals surface area (Å²) in [7, 11) is 0. The van der Waals surface area contributed by atoms with E-state index in [9.17, 15) is 9.59 Å². The second kappa shape index (κ2) is 3.51. The van der Waals surface area contributed by atoms with Crippen LogP contribution in [0, 0.1) is 5.92 Å². The predicted octanol–water partition coefficient (Wildman–Crippen LogP) is 0.839. The molecule has 1 aliphatic carbocycles. The van der Waals surface area contributed by atoms with E-state index in [2.05, 4.69) is 5.32 Å². The maximum atomic E-state index is 11.1. The SMILES string of the molecule is CCC(=O)NC(=O)C1CCC1. The van der Waals surface area contributed by atoms with Crippen molar-refractivity contribution in [1.29, 1.82) is 0 Å². The highest BCUT2D eigenvalue weighted by Crippen LogP contribution is 2.25. The molecule has 0 aliphatic heterocycles. The number of hydrogen-bond acceptors (Lipinski definition) is 2. The maximum absolute atomic E-state index is 11.1. The van der Waals surface area contributed by atoms with Crippen molar-refractivity contribution in [2.45, 2.75) is 32.6 Å². The Kier molecular flexibility index (Phi) is 2.63. The van der Waals surface area contributed by atoms with E-state index in [0.29, 0.717) is 6.42 Å². The summed E-state index contributed by atoms with van der Waals surface area (Å²) < 4.78 is 0. The molecule has 1 fully saturated rings. The fraction of sp³-hybridized carbons (Fsp3) is 0.750. The molecular formula is C8H13NO2. The standard InChI is InChI=1S/C8H13NO2/c1-2-7(10)9-8(11)6-4-3-5-6/h6H,2-5H2,1H3,(H,9,10,11). The summed E-state index contributed by atoms with van der Waals surface area (Å²) in [6.07, 6.45) is 3.41. The molecule has 62 valence electrons. The molecule has 1 N–H and O–H groups in total. The number of nitrogens with one attached hydrogen (secondary N) is 1. The Morgan fingerprint density at radius 1 is 1.45 bits per heavy atom. The molecule has 1 aliphatic rings. The van der Waals surface area contributed by atoms with Crippen LogP contribution in [0.25, 0.3) is 0 Å². The zero-order valence-corrected chi connectivity index (χ0v) is 6.72. The Morgan fingerprint density at radius 2 is 2.09 bits per heavy atom. The van der Waals surface area contributed by atoms with Crippen molar-refractivity contribution in [2.24, 2.45) is 5.92 Å². The molecule has 1 rings (SSSR count). The van der Waals surface area contributed by atoms with Gasteiger partial charge in [0.05, 0.1) is 0 Å². The van der Waals surface area contributed by atoms with Crippen LogP contribution >= 0.6 is 0 Å². The largest absolute Gasteiger partial charge is 0.296 e. The molecule has 0 radical (unpaired) electrons. The number of hydrogen-bond donors (Lipinski definition) is 1. The summed E-state index contributed by atoms with van der Waals surface area (Å²) in [6, 6.07) is 0. The maximum Gasteiger partial charge on any atom is 0.229 e. The zero-order chi connectivity index (χ0) is 8.27. The Labute approximate surface area is 66.2 Å². The average molecular weight is 155 g/mol. The normalized spacial score (nSPS) is 17.2. The highest BCUT2D eigenvalue weighted by atomic mass is 16.2. The monoisotopic (exact) mass is 155 g/mol. The summed E-state index contributed by atoms with van der Waals surface area (Å²) in [5.41, 5.74) is 0. The zero-order valence-electron chi connectivity index (χ0n) is 6.72. The van der Waals surface area contributed by atoms with Gasteiger partial charge in [-0.1, -0.05) is 13.3 Å². The molecule has 0 unspecified atom stereocenters. The van der Waals surface area contributed by atoms with Crippen molar-refractivity contribution < 1.29 is 9.59 Å². The lowest BCUT2D eigenvalue weighted by Gasteiger charge is -2.23. The third-order valence-electron chi connectivity index (χ3n) is 2.06. The van der Waals surface area contributed by atoms with Gasteiger partial charge in [0.2, 0.25) is 11.8 Å². The molecular weight excluding hydrogens is 142 g/mol. The van der Waals surface area contributed by atoms with Gasteiger partial charge in [0, 0.05) is 12.3 Å². The Hall–Kier alpha value is -0.860. The molecule has 0 aromatic heterocycles. The molecule has 2 amide bonds. The van der Waals surface area contributed by atoms with Crippen LogP contribution in [0.2, 0.25) is 0 Å². The minimum absolute atomic E-state index is 0.0805. The molecule has 3 nitrogen and oxygen atoms in total. The first kappa shape index (κ1) is 8.24. The van der Waals surface area contributed by atoms with E-state index < -0.39 is 0 Å². The van der Waals surface area contributed by atoms with E-state index in [1.54, 1.807) is 6.92 Å². The summed E-state index contributed by atoms with van der Waals surface area (Å²) >= 11 is 0. The lowest BCUT2D eigenvalue weighted by atomic mass is 9.85. The van der Waals surface area contributed by atoms with Crippen molar-refractivity contribution in [3.63, 3.8) is 0 Å². The van der Waals surface area contributed by atoms with Crippen LogP contribution in [0.15, 0.2) is 0 Å². The highest BCUT2D eigenvalue weighted by Gasteiger charge is 2.25. The molecule has 11 heavy (non-hydrogen) atoms. The van der Waals surface area contributed by atoms with Crippen LogP contribution in [0.3, 0.4) is 0 Å². The molecule has 0 atom stereocenters. The fourth-order valence-corrected chi connectivity index (χ4v) is 0.998. The summed E-state index contributed by atoms with van der Waals surface area (Å²) in [6.45, 7) is 1.74. The Morgan fingerprint density at radius 3 is 2.45 bits per heavy atom. The van der Waals surface area contributed by atoms with E-state index in [-0.39, 0.29) is 17.7 Å². The average Bonchev–Trinajstić information content (AvgIpc) is 1.83. The first-order valence-electron chi connectivity index (χ1n) is 4.07. The molecule has 0 saturated heterocycles. The van der Waals surface area contributed by atoms with Crippen LogP contribution in [0.5, 0.6) is 0 Å². The van der Waals surface area contributed by atoms with Crippen LogP contribution in [-0.2, 0) is 9.59 Å². The van der Waals surface area contributed by atoms with Crippen LogP contribution in [-0.4, -0.2) is 11.8 Å². The molecule has 0 bridgehead atoms. The second-order valence-electron chi connectivity index (χ2n) is 2.89. The van der Waals surface area contributed by atoms with Gasteiger partial charge in [-0.05, 0) is 12.8 Å². The van der Waals surface area contributed by atoms with Crippen molar-refractivity contribution in [1.82, 2.24) is 5.32 Å². The van der Waals surface area contributed by atoms with Gasteiger partial charge in [-0.2, -0.15) is 0 Å². The predicted molar refractivity (Wildman–Crippen MR) is 40.8 cm³/mol. The van der Waals surface area contributed by atoms with Crippen molar-refractivity contribution in [2.75, 3.05) is 0 Å². The number of amides is 2. The Balaban J connectivity index is 2.25. The fourth-order valence-electron chi connectivity index (χ4n) is 0.998. The van der Waals surface area contributed by atoms with Gasteiger partial charge in [-0.25, -0.2) is 0 Å². The summed E-state index contributed by atoms with van der Waals surface area (Å²) in [4.78, 5) is 21.8. The van der Waals surface area contributed by atoms with Crippen LogP contribution in [0.1, 0.15) is 32.6 Å². The third-order valence-corrected chi connectivity index (χ3v) is 2.06. The molecule has 0 heterocycles. The smallest absolute Gasteiger partial charge is 0.229 e. The molecule has 0 spiro atoms. The van der Waals surface area contributed by atoms with E-state index in [1.165, 1.54) is 0 Å². The van der Waals surface area contributed by atoms with E-state index in [1.807, 2.05) is 0 Å². The summed E-state index contributed by atoms with van der Waals surface area (Å²) in [5, 5.41) is 2.35. The lowest BCUT2D eigenvalue weighted by Crippen LogP contribution is -2.37. The second-order valence-corrected chi connectivity index (χ2v) is 2.89. The molecule has 1 saturated carbocycles. The van der Waals surface area contributed by atoms with Crippen LogP contribution < -0.4 is 5.32 Å². The first-order chi connectivity index (χ1) is 5.24. The van der Waals surface area contributed by atoms with Gasteiger partial charge in [-0.3, -0.25) is 14.9 Å². The van der Waals surface area contributed by atoms with Gasteiger partial charge >= 0.3 is 0 Å². The lowest BCUT2D eigenvalue weighted by molar-refractivity contribution is -0.134. The highest BCUT2D eigenvalue weighted by molar-refractivity contribution is 5.96. The van der Waals surface area contributed by atoms with Crippen molar-refractivity contribution >= 4 is 11.8 Å².